The Morgan fingerprint density at radius 3 is 2.53 bits per heavy atom. The van der Waals surface area contributed by atoms with Gasteiger partial charge in [0.05, 0.1) is 0 Å². The van der Waals surface area contributed by atoms with E-state index in [9.17, 15) is 9.18 Å². The van der Waals surface area contributed by atoms with E-state index in [1.807, 2.05) is 25.7 Å². The van der Waals surface area contributed by atoms with Gasteiger partial charge >= 0.3 is 0 Å². The number of halogens is 1. The second-order valence-corrected chi connectivity index (χ2v) is 4.89. The Morgan fingerprint density at radius 2 is 2.06 bits per heavy atom. The van der Waals surface area contributed by atoms with E-state index < -0.39 is 5.82 Å². The summed E-state index contributed by atoms with van der Waals surface area (Å²) in [5, 5.41) is 0. The summed E-state index contributed by atoms with van der Waals surface area (Å²) in [5.74, 6) is -0.400. The summed E-state index contributed by atoms with van der Waals surface area (Å²) in [6.07, 6.45) is 2.45. The van der Waals surface area contributed by atoms with Gasteiger partial charge in [0, 0.05) is 23.3 Å². The summed E-state index contributed by atoms with van der Waals surface area (Å²) in [7, 11) is 0. The Hall–Kier alpha value is -1.64. The topological polar surface area (TPSA) is 20.3 Å². The molecule has 0 atom stereocenters. The van der Waals surface area contributed by atoms with Crippen LogP contribution in [-0.4, -0.2) is 18.4 Å². The zero-order chi connectivity index (χ0) is 13.1. The molecule has 0 saturated carbocycles. The van der Waals surface area contributed by atoms with Crippen molar-refractivity contribution in [1.29, 1.82) is 0 Å². The maximum atomic E-state index is 13.1. The van der Waals surface area contributed by atoms with E-state index in [0.717, 1.165) is 5.69 Å². The monoisotopic (exact) mass is 235 g/mol. The molecule has 0 aliphatic rings. The van der Waals surface area contributed by atoms with Crippen LogP contribution in [0.25, 0.3) is 0 Å². The van der Waals surface area contributed by atoms with E-state index in [-0.39, 0.29) is 5.54 Å². The first-order chi connectivity index (χ1) is 7.90. The Labute approximate surface area is 102 Å². The number of hydrogen-bond donors (Lipinski definition) is 0. The van der Waals surface area contributed by atoms with E-state index in [2.05, 4.69) is 6.58 Å². The van der Waals surface area contributed by atoms with E-state index in [1.165, 1.54) is 12.1 Å². The lowest BCUT2D eigenvalue weighted by atomic mass is 10.0. The molecule has 92 valence electrons. The van der Waals surface area contributed by atoms with Gasteiger partial charge in [0.25, 0.3) is 0 Å². The Morgan fingerprint density at radius 1 is 1.41 bits per heavy atom. The van der Waals surface area contributed by atoms with Crippen LogP contribution < -0.4 is 4.90 Å². The van der Waals surface area contributed by atoms with Crippen molar-refractivity contribution in [2.24, 2.45) is 0 Å². The molecule has 0 amide bonds. The third-order valence-electron chi connectivity index (χ3n) is 2.53. The first-order valence-electron chi connectivity index (χ1n) is 5.53. The quantitative estimate of drug-likeness (QED) is 0.588. The standard InChI is InChI=1S/C14H18FNO/c1-5-8-16(14(2,3)4)13-7-6-12(15)9-11(13)10-17/h5-7,9-10H,1,8H2,2-4H3. The zero-order valence-electron chi connectivity index (χ0n) is 10.5. The molecule has 0 heterocycles. The average Bonchev–Trinajstić information content (AvgIpc) is 2.25. The number of aldehydes is 1. The van der Waals surface area contributed by atoms with Gasteiger partial charge in [-0.15, -0.1) is 6.58 Å². The molecular weight excluding hydrogens is 217 g/mol. The first-order valence-corrected chi connectivity index (χ1v) is 5.53. The molecule has 0 aromatic heterocycles. The summed E-state index contributed by atoms with van der Waals surface area (Å²) in [6.45, 7) is 10.4. The van der Waals surface area contributed by atoms with Crippen LogP contribution >= 0.6 is 0 Å². The van der Waals surface area contributed by atoms with Gasteiger partial charge < -0.3 is 4.90 Å². The number of carbonyl (C=O) groups excluding carboxylic acids is 1. The molecule has 0 spiro atoms. The SMILES string of the molecule is C=CCN(c1ccc(F)cc1C=O)C(C)(C)C. The molecule has 1 aromatic rings. The summed E-state index contributed by atoms with van der Waals surface area (Å²) in [4.78, 5) is 13.0. The van der Waals surface area contributed by atoms with Gasteiger partial charge in [0.1, 0.15) is 5.82 Å². The summed E-state index contributed by atoms with van der Waals surface area (Å²) in [6, 6.07) is 4.25. The van der Waals surface area contributed by atoms with Crippen LogP contribution in [0.3, 0.4) is 0 Å². The second-order valence-electron chi connectivity index (χ2n) is 4.89. The molecule has 0 aliphatic heterocycles. The maximum absolute atomic E-state index is 13.1. The maximum Gasteiger partial charge on any atom is 0.152 e. The fourth-order valence-corrected chi connectivity index (χ4v) is 1.73. The lowest BCUT2D eigenvalue weighted by Gasteiger charge is -2.37. The third-order valence-corrected chi connectivity index (χ3v) is 2.53. The predicted molar refractivity (Wildman–Crippen MR) is 69.1 cm³/mol. The summed E-state index contributed by atoms with van der Waals surface area (Å²) >= 11 is 0. The Kier molecular flexibility index (Phi) is 4.05. The highest BCUT2D eigenvalue weighted by atomic mass is 19.1. The lowest BCUT2D eigenvalue weighted by Crippen LogP contribution is -2.42. The van der Waals surface area contributed by atoms with Crippen molar-refractivity contribution in [1.82, 2.24) is 0 Å². The molecule has 0 bridgehead atoms. The van der Waals surface area contributed by atoms with Crippen molar-refractivity contribution in [3.63, 3.8) is 0 Å². The second kappa shape index (κ2) is 5.13. The van der Waals surface area contributed by atoms with Crippen molar-refractivity contribution in [3.8, 4) is 0 Å². The highest BCUT2D eigenvalue weighted by molar-refractivity contribution is 5.85. The van der Waals surface area contributed by atoms with Crippen LogP contribution in [0.2, 0.25) is 0 Å². The Bertz CT molecular complexity index is 421. The molecule has 0 radical (unpaired) electrons. The molecule has 0 aliphatic carbocycles. The Balaban J connectivity index is 3.27. The van der Waals surface area contributed by atoms with E-state index in [1.54, 1.807) is 12.1 Å². The molecule has 0 unspecified atom stereocenters. The molecule has 17 heavy (non-hydrogen) atoms. The molecule has 2 nitrogen and oxygen atoms in total. The van der Waals surface area contributed by atoms with Crippen LogP contribution in [0, 0.1) is 5.82 Å². The lowest BCUT2D eigenvalue weighted by molar-refractivity contribution is 0.112. The minimum atomic E-state index is -0.400. The van der Waals surface area contributed by atoms with Gasteiger partial charge in [0.2, 0.25) is 0 Å². The fourth-order valence-electron chi connectivity index (χ4n) is 1.73. The molecule has 0 N–H and O–H groups in total. The number of nitrogens with zero attached hydrogens (tertiary/aromatic N) is 1. The van der Waals surface area contributed by atoms with Gasteiger partial charge in [0.15, 0.2) is 6.29 Å². The van der Waals surface area contributed by atoms with Crippen LogP contribution in [0.5, 0.6) is 0 Å². The van der Waals surface area contributed by atoms with E-state index >= 15 is 0 Å². The average molecular weight is 235 g/mol. The highest BCUT2D eigenvalue weighted by Gasteiger charge is 2.22. The van der Waals surface area contributed by atoms with Crippen molar-refractivity contribution >= 4 is 12.0 Å². The van der Waals surface area contributed by atoms with Crippen LogP contribution in [-0.2, 0) is 0 Å². The predicted octanol–water partition coefficient (Wildman–Crippen LogP) is 3.43. The van der Waals surface area contributed by atoms with Gasteiger partial charge in [-0.3, -0.25) is 4.79 Å². The van der Waals surface area contributed by atoms with Gasteiger partial charge in [-0.25, -0.2) is 4.39 Å². The molecule has 1 rings (SSSR count). The molecule has 1 aromatic carbocycles. The highest BCUT2D eigenvalue weighted by Crippen LogP contribution is 2.27. The number of carbonyl (C=O) groups is 1. The minimum Gasteiger partial charge on any atom is -0.362 e. The normalized spacial score (nSPS) is 11.1. The van der Waals surface area contributed by atoms with Crippen LogP contribution in [0.1, 0.15) is 31.1 Å². The van der Waals surface area contributed by atoms with Gasteiger partial charge in [-0.05, 0) is 39.0 Å². The fraction of sp³-hybridized carbons (Fsp3) is 0.357. The van der Waals surface area contributed by atoms with Crippen molar-refractivity contribution in [2.45, 2.75) is 26.3 Å². The number of benzene rings is 1. The van der Waals surface area contributed by atoms with Gasteiger partial charge in [-0.2, -0.15) is 0 Å². The smallest absolute Gasteiger partial charge is 0.152 e. The number of hydrogen-bond acceptors (Lipinski definition) is 2. The molecule has 0 fully saturated rings. The number of anilines is 1. The first kappa shape index (κ1) is 13.4. The minimum absolute atomic E-state index is 0.163. The van der Waals surface area contributed by atoms with E-state index in [4.69, 9.17) is 0 Å². The summed E-state index contributed by atoms with van der Waals surface area (Å²) < 4.78 is 13.1. The number of rotatable bonds is 4. The zero-order valence-corrected chi connectivity index (χ0v) is 10.5. The van der Waals surface area contributed by atoms with Crippen molar-refractivity contribution in [2.75, 3.05) is 11.4 Å². The van der Waals surface area contributed by atoms with Crippen molar-refractivity contribution in [3.05, 3.63) is 42.2 Å². The van der Waals surface area contributed by atoms with Crippen LogP contribution in [0.4, 0.5) is 10.1 Å². The van der Waals surface area contributed by atoms with Crippen LogP contribution in [0.15, 0.2) is 30.9 Å². The largest absolute Gasteiger partial charge is 0.362 e. The van der Waals surface area contributed by atoms with E-state index in [0.29, 0.717) is 18.4 Å². The molecule has 0 saturated heterocycles. The summed E-state index contributed by atoms with van der Waals surface area (Å²) in [5.41, 5.74) is 0.930. The van der Waals surface area contributed by atoms with Crippen molar-refractivity contribution < 1.29 is 9.18 Å². The van der Waals surface area contributed by atoms with Gasteiger partial charge in [-0.1, -0.05) is 6.08 Å². The molecule has 3 heteroatoms. The third kappa shape index (κ3) is 3.16. The molecular formula is C14H18FNO.